The van der Waals surface area contributed by atoms with E-state index in [1.165, 1.54) is 12.1 Å². The van der Waals surface area contributed by atoms with Crippen LogP contribution in [-0.4, -0.2) is 11.4 Å². The molecule has 0 spiro atoms. The van der Waals surface area contributed by atoms with E-state index in [1.54, 1.807) is 0 Å². The van der Waals surface area contributed by atoms with Gasteiger partial charge in [-0.25, -0.2) is 4.39 Å². The maximum absolute atomic E-state index is 14.0. The van der Waals surface area contributed by atoms with Gasteiger partial charge in [0.05, 0.1) is 11.8 Å². The molecular formula is C14H14FN3O. The van der Waals surface area contributed by atoms with Crippen LogP contribution in [0.4, 0.5) is 10.1 Å². The van der Waals surface area contributed by atoms with Crippen molar-refractivity contribution < 1.29 is 9.18 Å². The number of nitrogens with one attached hydrogen (secondary N) is 2. The summed E-state index contributed by atoms with van der Waals surface area (Å²) in [5.41, 5.74) is 0.726. The number of hydrogen-bond acceptors (Lipinski definition) is 3. The molecule has 0 bridgehead atoms. The second-order valence-corrected chi connectivity index (χ2v) is 5.20. The van der Waals surface area contributed by atoms with Crippen molar-refractivity contribution in [1.29, 1.82) is 5.26 Å². The van der Waals surface area contributed by atoms with Gasteiger partial charge in [0, 0.05) is 12.1 Å². The normalized spacial score (nSPS) is 19.7. The van der Waals surface area contributed by atoms with Gasteiger partial charge in [-0.2, -0.15) is 5.26 Å². The van der Waals surface area contributed by atoms with Gasteiger partial charge in [0.25, 0.3) is 5.91 Å². The van der Waals surface area contributed by atoms with Crippen LogP contribution in [0.1, 0.15) is 41.6 Å². The van der Waals surface area contributed by atoms with Crippen LogP contribution in [0.15, 0.2) is 12.1 Å². The molecule has 0 saturated heterocycles. The van der Waals surface area contributed by atoms with Crippen molar-refractivity contribution in [2.24, 2.45) is 0 Å². The van der Waals surface area contributed by atoms with Gasteiger partial charge < -0.3 is 10.6 Å². The first kappa shape index (κ1) is 12.0. The van der Waals surface area contributed by atoms with Crippen molar-refractivity contribution in [3.05, 3.63) is 29.1 Å². The molecule has 1 aliphatic heterocycles. The molecule has 1 fully saturated rings. The number of carbonyl (C=O) groups is 1. The molecule has 98 valence electrons. The quantitative estimate of drug-likeness (QED) is 0.856. The number of anilines is 1. The molecule has 5 heteroatoms. The first-order chi connectivity index (χ1) is 9.13. The minimum absolute atomic E-state index is 0.185. The number of carbonyl (C=O) groups excluding carboxylic acids is 1. The summed E-state index contributed by atoms with van der Waals surface area (Å²) in [6, 6.07) is 5.14. The highest BCUT2D eigenvalue weighted by Crippen LogP contribution is 2.34. The summed E-state index contributed by atoms with van der Waals surface area (Å²) >= 11 is 0. The molecule has 1 aliphatic carbocycles. The fourth-order valence-corrected chi connectivity index (χ4v) is 2.84. The zero-order valence-electron chi connectivity index (χ0n) is 10.4. The molecular weight excluding hydrogens is 245 g/mol. The van der Waals surface area contributed by atoms with E-state index in [0.717, 1.165) is 12.8 Å². The molecule has 1 aromatic rings. The number of fused-ring (bicyclic) bond motifs is 1. The highest BCUT2D eigenvalue weighted by Gasteiger charge is 2.35. The van der Waals surface area contributed by atoms with Gasteiger partial charge in [-0.1, -0.05) is 0 Å². The molecule has 0 aromatic heterocycles. The Bertz CT molecular complexity index is 585. The molecule has 0 unspecified atom stereocenters. The van der Waals surface area contributed by atoms with E-state index in [2.05, 4.69) is 16.7 Å². The number of halogens is 1. The molecule has 1 saturated carbocycles. The van der Waals surface area contributed by atoms with Gasteiger partial charge >= 0.3 is 0 Å². The smallest absolute Gasteiger partial charge is 0.251 e. The molecule has 1 amide bonds. The molecule has 1 aromatic carbocycles. The van der Waals surface area contributed by atoms with Gasteiger partial charge in [0.15, 0.2) is 0 Å². The van der Waals surface area contributed by atoms with Crippen molar-refractivity contribution in [2.75, 3.05) is 5.32 Å². The van der Waals surface area contributed by atoms with Crippen LogP contribution in [0.3, 0.4) is 0 Å². The lowest BCUT2D eigenvalue weighted by atomic mass is 9.98. The number of rotatable bonds is 2. The molecule has 2 aliphatic rings. The van der Waals surface area contributed by atoms with E-state index in [0.29, 0.717) is 30.5 Å². The van der Waals surface area contributed by atoms with E-state index < -0.39 is 11.4 Å². The number of hydrogen-bond donors (Lipinski definition) is 2. The zero-order valence-corrected chi connectivity index (χ0v) is 10.4. The Hall–Kier alpha value is -2.09. The van der Waals surface area contributed by atoms with E-state index in [-0.39, 0.29) is 11.6 Å². The molecule has 3 rings (SSSR count). The fourth-order valence-electron chi connectivity index (χ4n) is 2.84. The maximum Gasteiger partial charge on any atom is 0.251 e. The largest absolute Gasteiger partial charge is 0.365 e. The van der Waals surface area contributed by atoms with Gasteiger partial charge in [-0.3, -0.25) is 4.79 Å². The molecule has 4 nitrogen and oxygen atoms in total. The van der Waals surface area contributed by atoms with E-state index >= 15 is 0 Å². The van der Waals surface area contributed by atoms with Gasteiger partial charge in [-0.05, 0) is 43.4 Å². The second-order valence-electron chi connectivity index (χ2n) is 5.20. The summed E-state index contributed by atoms with van der Waals surface area (Å²) in [6.07, 6.45) is 3.36. The summed E-state index contributed by atoms with van der Waals surface area (Å²) in [4.78, 5) is 11.6. The molecule has 19 heavy (non-hydrogen) atoms. The van der Waals surface area contributed by atoms with Gasteiger partial charge in [0.1, 0.15) is 11.4 Å². The first-order valence-electron chi connectivity index (χ1n) is 6.44. The Morgan fingerprint density at radius 1 is 1.37 bits per heavy atom. The number of amides is 1. The average Bonchev–Trinajstić information content (AvgIpc) is 3.00. The highest BCUT2D eigenvalue weighted by atomic mass is 19.1. The van der Waals surface area contributed by atoms with Gasteiger partial charge in [-0.15, -0.1) is 0 Å². The van der Waals surface area contributed by atoms with Crippen LogP contribution in [0.25, 0.3) is 0 Å². The Morgan fingerprint density at radius 3 is 2.79 bits per heavy atom. The predicted octanol–water partition coefficient (Wildman–Crippen LogP) is 2.32. The van der Waals surface area contributed by atoms with Crippen molar-refractivity contribution in [2.45, 2.75) is 37.8 Å². The van der Waals surface area contributed by atoms with Crippen molar-refractivity contribution in [1.82, 2.24) is 5.32 Å². The third-order valence-electron chi connectivity index (χ3n) is 3.92. The summed E-state index contributed by atoms with van der Waals surface area (Å²) in [5, 5.41) is 15.0. The SMILES string of the molecule is N#CC1(Nc2cc3c(cc2F)CNC3=O)CCCC1. The van der Waals surface area contributed by atoms with Crippen molar-refractivity contribution >= 4 is 11.6 Å². The van der Waals surface area contributed by atoms with Crippen LogP contribution >= 0.6 is 0 Å². The average molecular weight is 259 g/mol. The van der Waals surface area contributed by atoms with E-state index in [1.807, 2.05) is 0 Å². The Balaban J connectivity index is 1.96. The van der Waals surface area contributed by atoms with Crippen LogP contribution in [0.2, 0.25) is 0 Å². The molecule has 2 N–H and O–H groups in total. The molecule has 0 radical (unpaired) electrons. The van der Waals surface area contributed by atoms with Crippen LogP contribution in [0.5, 0.6) is 0 Å². The lowest BCUT2D eigenvalue weighted by Crippen LogP contribution is -2.33. The summed E-state index contributed by atoms with van der Waals surface area (Å²) in [6.45, 7) is 0.370. The number of nitrogens with zero attached hydrogens (tertiary/aromatic N) is 1. The Morgan fingerprint density at radius 2 is 2.11 bits per heavy atom. The number of benzene rings is 1. The summed E-state index contributed by atoms with van der Waals surface area (Å²) in [5.74, 6) is -0.591. The lowest BCUT2D eigenvalue weighted by molar-refractivity contribution is 0.0966. The predicted molar refractivity (Wildman–Crippen MR) is 68.0 cm³/mol. The maximum atomic E-state index is 14.0. The summed E-state index contributed by atoms with van der Waals surface area (Å²) < 4.78 is 14.0. The standard InChI is InChI=1S/C14H14FN3O/c15-11-5-9-7-17-13(19)10(9)6-12(11)18-14(8-16)3-1-2-4-14/h5-6,18H,1-4,7H2,(H,17,19). The van der Waals surface area contributed by atoms with E-state index in [9.17, 15) is 14.4 Å². The minimum Gasteiger partial charge on any atom is -0.365 e. The highest BCUT2D eigenvalue weighted by molar-refractivity contribution is 5.99. The first-order valence-corrected chi connectivity index (χ1v) is 6.44. The van der Waals surface area contributed by atoms with Gasteiger partial charge in [0.2, 0.25) is 0 Å². The topological polar surface area (TPSA) is 64.9 Å². The minimum atomic E-state index is -0.690. The second kappa shape index (κ2) is 4.23. The zero-order chi connectivity index (χ0) is 13.5. The Labute approximate surface area is 110 Å². The monoisotopic (exact) mass is 259 g/mol. The van der Waals surface area contributed by atoms with Crippen LogP contribution < -0.4 is 10.6 Å². The Kier molecular flexibility index (Phi) is 2.67. The van der Waals surface area contributed by atoms with E-state index in [4.69, 9.17) is 0 Å². The fraction of sp³-hybridized carbons (Fsp3) is 0.429. The molecule has 1 heterocycles. The third kappa shape index (κ3) is 1.93. The van der Waals surface area contributed by atoms with Crippen LogP contribution in [0, 0.1) is 17.1 Å². The molecule has 0 atom stereocenters. The van der Waals surface area contributed by atoms with Crippen molar-refractivity contribution in [3.8, 4) is 6.07 Å². The van der Waals surface area contributed by atoms with Crippen LogP contribution in [-0.2, 0) is 6.54 Å². The summed E-state index contributed by atoms with van der Waals surface area (Å²) in [7, 11) is 0. The lowest BCUT2D eigenvalue weighted by Gasteiger charge is -2.24. The third-order valence-corrected chi connectivity index (χ3v) is 3.92. The number of nitriles is 1. The van der Waals surface area contributed by atoms with Crippen molar-refractivity contribution in [3.63, 3.8) is 0 Å².